The molecular weight excluding hydrogens is 435 g/mol. The lowest BCUT2D eigenvalue weighted by molar-refractivity contribution is 0.0695. The Kier molecular flexibility index (Phi) is 6.00. The summed E-state index contributed by atoms with van der Waals surface area (Å²) in [6.07, 6.45) is 0. The molecule has 0 amide bonds. The van der Waals surface area contributed by atoms with Gasteiger partial charge in [0.15, 0.2) is 0 Å². The van der Waals surface area contributed by atoms with Gasteiger partial charge in [0.1, 0.15) is 29.3 Å². The SMILES string of the molecule is Nc1[nH]c(=O)c(C(=O)O)c(-c2ccccc2OCc2ccc(Cl)c(Cl)c2)c1C(=O)O. The van der Waals surface area contributed by atoms with Gasteiger partial charge in [-0.25, -0.2) is 9.59 Å². The second-order valence-corrected chi connectivity index (χ2v) is 6.95. The van der Waals surface area contributed by atoms with Crippen LogP contribution in [0.3, 0.4) is 0 Å². The number of nitrogens with one attached hydrogen (secondary N) is 1. The lowest BCUT2D eigenvalue weighted by Crippen LogP contribution is -2.24. The highest BCUT2D eigenvalue weighted by atomic mass is 35.5. The van der Waals surface area contributed by atoms with Gasteiger partial charge in [-0.05, 0) is 23.8 Å². The van der Waals surface area contributed by atoms with Crippen LogP contribution in [0.2, 0.25) is 10.0 Å². The van der Waals surface area contributed by atoms with Crippen LogP contribution in [0.15, 0.2) is 47.3 Å². The van der Waals surface area contributed by atoms with Gasteiger partial charge in [0, 0.05) is 11.1 Å². The van der Waals surface area contributed by atoms with Crippen molar-refractivity contribution in [3.8, 4) is 16.9 Å². The van der Waals surface area contributed by atoms with E-state index in [4.69, 9.17) is 33.7 Å². The molecule has 0 spiro atoms. The molecule has 30 heavy (non-hydrogen) atoms. The molecule has 3 aromatic rings. The first-order valence-corrected chi connectivity index (χ1v) is 9.14. The molecule has 0 aliphatic carbocycles. The van der Waals surface area contributed by atoms with Gasteiger partial charge in [0.25, 0.3) is 5.56 Å². The molecule has 0 saturated heterocycles. The van der Waals surface area contributed by atoms with E-state index in [-0.39, 0.29) is 23.5 Å². The monoisotopic (exact) mass is 448 g/mol. The first-order chi connectivity index (χ1) is 14.2. The van der Waals surface area contributed by atoms with Crippen molar-refractivity contribution in [3.63, 3.8) is 0 Å². The Labute approximate surface area is 179 Å². The number of ether oxygens (including phenoxy) is 1. The number of hydrogen-bond donors (Lipinski definition) is 4. The highest BCUT2D eigenvalue weighted by Crippen LogP contribution is 2.36. The minimum Gasteiger partial charge on any atom is -0.488 e. The van der Waals surface area contributed by atoms with Crippen LogP contribution in [-0.4, -0.2) is 27.1 Å². The van der Waals surface area contributed by atoms with Crippen molar-refractivity contribution >= 4 is 41.0 Å². The lowest BCUT2D eigenvalue weighted by Gasteiger charge is -2.16. The van der Waals surface area contributed by atoms with Gasteiger partial charge in [-0.2, -0.15) is 0 Å². The summed E-state index contributed by atoms with van der Waals surface area (Å²) in [4.78, 5) is 37.8. The van der Waals surface area contributed by atoms with Crippen LogP contribution < -0.4 is 16.0 Å². The second-order valence-electron chi connectivity index (χ2n) is 6.14. The van der Waals surface area contributed by atoms with E-state index in [1.165, 1.54) is 12.1 Å². The number of nitrogens with two attached hydrogens (primary N) is 1. The Balaban J connectivity index is 2.16. The molecule has 0 radical (unpaired) electrons. The summed E-state index contributed by atoms with van der Waals surface area (Å²) >= 11 is 11.9. The molecule has 0 unspecified atom stereocenters. The Hall–Kier alpha value is -3.49. The van der Waals surface area contributed by atoms with Crippen molar-refractivity contribution < 1.29 is 24.5 Å². The van der Waals surface area contributed by atoms with Crippen molar-refractivity contribution in [2.45, 2.75) is 6.61 Å². The number of rotatable bonds is 6. The number of benzene rings is 2. The van der Waals surface area contributed by atoms with E-state index in [0.717, 1.165) is 0 Å². The van der Waals surface area contributed by atoms with E-state index in [0.29, 0.717) is 15.6 Å². The van der Waals surface area contributed by atoms with E-state index in [2.05, 4.69) is 4.98 Å². The number of hydrogen-bond acceptors (Lipinski definition) is 5. The van der Waals surface area contributed by atoms with Gasteiger partial charge in [-0.3, -0.25) is 4.79 Å². The predicted molar refractivity (Wildman–Crippen MR) is 112 cm³/mol. The standard InChI is InChI=1S/C20H14Cl2N2O6/c21-11-6-5-9(7-12(11)22)8-30-13-4-2-1-3-10(13)14-15(19(26)27)17(23)24-18(25)16(14)20(28)29/h1-7H,8H2,(H,26,27)(H,28,29)(H3,23,24,25). The van der Waals surface area contributed by atoms with Crippen LogP contribution in [0.5, 0.6) is 5.75 Å². The predicted octanol–water partition coefficient (Wildman–Crippen LogP) is 3.91. The van der Waals surface area contributed by atoms with Crippen LogP contribution in [0.25, 0.3) is 11.1 Å². The molecular formula is C20H14Cl2N2O6. The van der Waals surface area contributed by atoms with Crippen LogP contribution in [0.4, 0.5) is 5.82 Å². The molecule has 0 aliphatic rings. The normalized spacial score (nSPS) is 10.6. The Morgan fingerprint density at radius 1 is 1.00 bits per heavy atom. The number of aromatic amines is 1. The maximum Gasteiger partial charge on any atom is 0.342 e. The molecule has 0 fully saturated rings. The van der Waals surface area contributed by atoms with Crippen LogP contribution in [-0.2, 0) is 6.61 Å². The number of para-hydroxylation sites is 1. The zero-order chi connectivity index (χ0) is 22.0. The number of nitrogen functional groups attached to an aromatic ring is 1. The number of carbonyl (C=O) groups is 2. The summed E-state index contributed by atoms with van der Waals surface area (Å²) in [6, 6.07) is 11.0. The molecule has 10 heteroatoms. The molecule has 2 aromatic carbocycles. The Morgan fingerprint density at radius 3 is 2.30 bits per heavy atom. The maximum absolute atomic E-state index is 12.2. The molecule has 0 saturated carbocycles. The van der Waals surface area contributed by atoms with Crippen LogP contribution >= 0.6 is 23.2 Å². The number of aromatic carboxylic acids is 2. The van der Waals surface area contributed by atoms with Crippen molar-refractivity contribution in [2.24, 2.45) is 0 Å². The molecule has 154 valence electrons. The van der Waals surface area contributed by atoms with Crippen LogP contribution in [0.1, 0.15) is 26.3 Å². The summed E-state index contributed by atoms with van der Waals surface area (Å²) in [5.41, 5.74) is 3.76. The number of aromatic nitrogens is 1. The average molecular weight is 449 g/mol. The van der Waals surface area contributed by atoms with E-state index in [9.17, 15) is 24.6 Å². The van der Waals surface area contributed by atoms with Gasteiger partial charge < -0.3 is 25.7 Å². The van der Waals surface area contributed by atoms with E-state index in [1.54, 1.807) is 30.3 Å². The van der Waals surface area contributed by atoms with Crippen molar-refractivity contribution in [2.75, 3.05) is 5.73 Å². The number of carboxylic acids is 2. The van der Waals surface area contributed by atoms with Gasteiger partial charge >= 0.3 is 11.9 Å². The first-order valence-electron chi connectivity index (χ1n) is 8.39. The van der Waals surface area contributed by atoms with Gasteiger partial charge in [-0.15, -0.1) is 0 Å². The highest BCUT2D eigenvalue weighted by molar-refractivity contribution is 6.42. The second kappa shape index (κ2) is 8.48. The largest absolute Gasteiger partial charge is 0.488 e. The van der Waals surface area contributed by atoms with Crippen LogP contribution in [0, 0.1) is 0 Å². The third-order valence-electron chi connectivity index (χ3n) is 4.21. The first kappa shape index (κ1) is 21.2. The number of carboxylic acid groups (broad SMARTS) is 2. The average Bonchev–Trinajstić information content (AvgIpc) is 2.67. The summed E-state index contributed by atoms with van der Waals surface area (Å²) in [6.45, 7) is 0.0252. The number of H-pyrrole nitrogens is 1. The molecule has 1 heterocycles. The van der Waals surface area contributed by atoms with Crippen molar-refractivity contribution in [3.05, 3.63) is 79.6 Å². The topological polar surface area (TPSA) is 143 Å². The summed E-state index contributed by atoms with van der Waals surface area (Å²) in [5, 5.41) is 19.8. The molecule has 0 aliphatic heterocycles. The summed E-state index contributed by atoms with van der Waals surface area (Å²) < 4.78 is 5.78. The maximum atomic E-state index is 12.2. The minimum atomic E-state index is -1.60. The fourth-order valence-electron chi connectivity index (χ4n) is 2.91. The third-order valence-corrected chi connectivity index (χ3v) is 4.95. The zero-order valence-electron chi connectivity index (χ0n) is 15.1. The molecule has 1 aromatic heterocycles. The quantitative estimate of drug-likeness (QED) is 0.447. The Bertz CT molecular complexity index is 1220. The van der Waals surface area contributed by atoms with Gasteiger partial charge in [0.05, 0.1) is 10.0 Å². The molecule has 3 rings (SSSR count). The zero-order valence-corrected chi connectivity index (χ0v) is 16.6. The summed E-state index contributed by atoms with van der Waals surface area (Å²) in [7, 11) is 0. The van der Waals surface area contributed by atoms with E-state index < -0.39 is 34.4 Å². The van der Waals surface area contributed by atoms with Crippen molar-refractivity contribution in [1.29, 1.82) is 0 Å². The van der Waals surface area contributed by atoms with E-state index in [1.807, 2.05) is 0 Å². The number of halogens is 2. The molecule has 0 bridgehead atoms. The van der Waals surface area contributed by atoms with E-state index >= 15 is 0 Å². The highest BCUT2D eigenvalue weighted by Gasteiger charge is 2.28. The minimum absolute atomic E-state index is 0.0252. The number of anilines is 1. The summed E-state index contributed by atoms with van der Waals surface area (Å²) in [5.74, 6) is -3.42. The lowest BCUT2D eigenvalue weighted by atomic mass is 9.94. The van der Waals surface area contributed by atoms with Gasteiger partial charge in [0.2, 0.25) is 0 Å². The molecule has 5 N–H and O–H groups in total. The fraction of sp³-hybridized carbons (Fsp3) is 0.0500. The molecule has 8 nitrogen and oxygen atoms in total. The molecule has 0 atom stereocenters. The van der Waals surface area contributed by atoms with Gasteiger partial charge in [-0.1, -0.05) is 47.5 Å². The fourth-order valence-corrected chi connectivity index (χ4v) is 3.23. The van der Waals surface area contributed by atoms with Crippen molar-refractivity contribution in [1.82, 2.24) is 4.98 Å². The number of pyridine rings is 1. The Morgan fingerprint density at radius 2 is 1.67 bits per heavy atom. The third kappa shape index (κ3) is 4.10. The smallest absolute Gasteiger partial charge is 0.342 e.